The van der Waals surface area contributed by atoms with E-state index in [-0.39, 0.29) is 18.6 Å². The normalized spacial score (nSPS) is 11.3. The molecular formula is C20H22N2O3. The van der Waals surface area contributed by atoms with Crippen LogP contribution in [0.15, 0.2) is 48.5 Å². The predicted molar refractivity (Wildman–Crippen MR) is 95.4 cm³/mol. The SMILES string of the molecule is CCN(C(=O)COc1ccccc1C#N)C(C)c1cccc(OC)c1. The van der Waals surface area contributed by atoms with Crippen LogP contribution in [-0.4, -0.2) is 31.1 Å². The Bertz CT molecular complexity index is 768. The first kappa shape index (κ1) is 18.3. The van der Waals surface area contributed by atoms with Gasteiger partial charge in [-0.25, -0.2) is 0 Å². The van der Waals surface area contributed by atoms with E-state index in [9.17, 15) is 4.79 Å². The van der Waals surface area contributed by atoms with Crippen molar-refractivity contribution in [1.82, 2.24) is 4.90 Å². The molecule has 0 spiro atoms. The van der Waals surface area contributed by atoms with E-state index in [0.29, 0.717) is 17.9 Å². The lowest BCUT2D eigenvalue weighted by Crippen LogP contribution is -2.36. The summed E-state index contributed by atoms with van der Waals surface area (Å²) in [7, 11) is 1.62. The highest BCUT2D eigenvalue weighted by Crippen LogP contribution is 2.24. The highest BCUT2D eigenvalue weighted by molar-refractivity contribution is 5.78. The quantitative estimate of drug-likeness (QED) is 0.774. The summed E-state index contributed by atoms with van der Waals surface area (Å²) < 4.78 is 10.8. The van der Waals surface area contributed by atoms with E-state index in [0.717, 1.165) is 11.3 Å². The molecule has 130 valence electrons. The Morgan fingerprint density at radius 2 is 2.00 bits per heavy atom. The van der Waals surface area contributed by atoms with Crippen molar-refractivity contribution >= 4 is 5.91 Å². The van der Waals surface area contributed by atoms with Gasteiger partial charge in [0.2, 0.25) is 0 Å². The minimum atomic E-state index is -0.134. The number of methoxy groups -OCH3 is 1. The van der Waals surface area contributed by atoms with E-state index in [2.05, 4.69) is 6.07 Å². The molecule has 0 aliphatic heterocycles. The first-order valence-corrected chi connectivity index (χ1v) is 8.16. The molecule has 1 unspecified atom stereocenters. The lowest BCUT2D eigenvalue weighted by molar-refractivity contribution is -0.135. The van der Waals surface area contributed by atoms with Crippen molar-refractivity contribution in [1.29, 1.82) is 5.26 Å². The van der Waals surface area contributed by atoms with E-state index in [1.54, 1.807) is 36.3 Å². The zero-order valence-corrected chi connectivity index (χ0v) is 14.7. The maximum absolute atomic E-state index is 12.6. The summed E-state index contributed by atoms with van der Waals surface area (Å²) in [4.78, 5) is 14.3. The average Bonchev–Trinajstić information content (AvgIpc) is 2.67. The molecule has 0 N–H and O–H groups in total. The maximum Gasteiger partial charge on any atom is 0.261 e. The molecule has 0 saturated carbocycles. The van der Waals surface area contributed by atoms with Crippen LogP contribution in [0.1, 0.15) is 31.0 Å². The lowest BCUT2D eigenvalue weighted by Gasteiger charge is -2.28. The van der Waals surface area contributed by atoms with Crippen molar-refractivity contribution in [3.8, 4) is 17.6 Å². The fraction of sp³-hybridized carbons (Fsp3) is 0.300. The summed E-state index contributed by atoms with van der Waals surface area (Å²) >= 11 is 0. The molecule has 1 atom stereocenters. The molecular weight excluding hydrogens is 316 g/mol. The molecule has 0 aliphatic carbocycles. The minimum absolute atomic E-state index is 0.109. The van der Waals surface area contributed by atoms with Crippen LogP contribution in [-0.2, 0) is 4.79 Å². The van der Waals surface area contributed by atoms with Gasteiger partial charge in [-0.1, -0.05) is 24.3 Å². The third kappa shape index (κ3) is 4.51. The van der Waals surface area contributed by atoms with Gasteiger partial charge in [-0.05, 0) is 43.7 Å². The van der Waals surface area contributed by atoms with E-state index in [1.807, 2.05) is 38.1 Å². The van der Waals surface area contributed by atoms with Gasteiger partial charge < -0.3 is 14.4 Å². The third-order valence-electron chi connectivity index (χ3n) is 4.06. The van der Waals surface area contributed by atoms with Gasteiger partial charge in [0.25, 0.3) is 5.91 Å². The highest BCUT2D eigenvalue weighted by atomic mass is 16.5. The van der Waals surface area contributed by atoms with Crippen LogP contribution in [0.25, 0.3) is 0 Å². The van der Waals surface area contributed by atoms with Crippen LogP contribution >= 0.6 is 0 Å². The standard InChI is InChI=1S/C20H22N2O3/c1-4-22(15(2)16-9-7-10-18(12-16)24-3)20(23)14-25-19-11-6-5-8-17(19)13-21/h5-12,15H,4,14H2,1-3H3. The van der Waals surface area contributed by atoms with Gasteiger partial charge in [-0.2, -0.15) is 5.26 Å². The van der Waals surface area contributed by atoms with Crippen molar-refractivity contribution < 1.29 is 14.3 Å². The van der Waals surface area contributed by atoms with Gasteiger partial charge in [-0.3, -0.25) is 4.79 Å². The Morgan fingerprint density at radius 1 is 1.24 bits per heavy atom. The monoisotopic (exact) mass is 338 g/mol. The van der Waals surface area contributed by atoms with E-state index in [1.165, 1.54) is 0 Å². The van der Waals surface area contributed by atoms with Crippen LogP contribution in [0, 0.1) is 11.3 Å². The summed E-state index contributed by atoms with van der Waals surface area (Å²) in [5.41, 5.74) is 1.41. The zero-order chi connectivity index (χ0) is 18.2. The van der Waals surface area contributed by atoms with Crippen LogP contribution < -0.4 is 9.47 Å². The Balaban J connectivity index is 2.08. The molecule has 0 fully saturated rings. The summed E-state index contributed by atoms with van der Waals surface area (Å²) in [5.74, 6) is 1.04. The van der Waals surface area contributed by atoms with Crippen molar-refractivity contribution in [2.75, 3.05) is 20.3 Å². The van der Waals surface area contributed by atoms with E-state index >= 15 is 0 Å². The summed E-state index contributed by atoms with van der Waals surface area (Å²) in [6.07, 6.45) is 0. The molecule has 5 heteroatoms. The molecule has 2 aromatic carbocycles. The van der Waals surface area contributed by atoms with Crippen molar-refractivity contribution in [3.05, 3.63) is 59.7 Å². The Hall–Kier alpha value is -3.00. The number of carbonyl (C=O) groups is 1. The van der Waals surface area contributed by atoms with Crippen molar-refractivity contribution in [2.24, 2.45) is 0 Å². The number of benzene rings is 2. The number of hydrogen-bond donors (Lipinski definition) is 0. The molecule has 0 aromatic heterocycles. The topological polar surface area (TPSA) is 62.6 Å². The molecule has 0 radical (unpaired) electrons. The number of carbonyl (C=O) groups excluding carboxylic acids is 1. The van der Waals surface area contributed by atoms with Crippen molar-refractivity contribution in [3.63, 3.8) is 0 Å². The zero-order valence-electron chi connectivity index (χ0n) is 14.7. The van der Waals surface area contributed by atoms with Gasteiger partial charge >= 0.3 is 0 Å². The second kappa shape index (κ2) is 8.74. The first-order valence-electron chi connectivity index (χ1n) is 8.16. The lowest BCUT2D eigenvalue weighted by atomic mass is 10.1. The molecule has 2 aromatic rings. The average molecular weight is 338 g/mol. The van der Waals surface area contributed by atoms with Crippen molar-refractivity contribution in [2.45, 2.75) is 19.9 Å². The van der Waals surface area contributed by atoms with Crippen LogP contribution in [0.5, 0.6) is 11.5 Å². The third-order valence-corrected chi connectivity index (χ3v) is 4.06. The van der Waals surface area contributed by atoms with E-state index in [4.69, 9.17) is 14.7 Å². The Morgan fingerprint density at radius 3 is 2.68 bits per heavy atom. The summed E-state index contributed by atoms with van der Waals surface area (Å²) in [6.45, 7) is 4.35. The Labute approximate surface area is 148 Å². The minimum Gasteiger partial charge on any atom is -0.497 e. The maximum atomic E-state index is 12.6. The summed E-state index contributed by atoms with van der Waals surface area (Å²) in [5, 5.41) is 9.09. The number of nitrogens with zero attached hydrogens (tertiary/aromatic N) is 2. The van der Waals surface area contributed by atoms with Gasteiger partial charge in [-0.15, -0.1) is 0 Å². The smallest absolute Gasteiger partial charge is 0.261 e. The van der Waals surface area contributed by atoms with Gasteiger partial charge in [0.15, 0.2) is 6.61 Å². The van der Waals surface area contributed by atoms with Crippen LogP contribution in [0.2, 0.25) is 0 Å². The molecule has 0 saturated heterocycles. The van der Waals surface area contributed by atoms with Crippen LogP contribution in [0.3, 0.4) is 0 Å². The molecule has 2 rings (SSSR count). The fourth-order valence-corrected chi connectivity index (χ4v) is 2.65. The first-order chi connectivity index (χ1) is 12.1. The highest BCUT2D eigenvalue weighted by Gasteiger charge is 2.21. The molecule has 5 nitrogen and oxygen atoms in total. The predicted octanol–water partition coefficient (Wildman–Crippen LogP) is 3.56. The number of ether oxygens (including phenoxy) is 2. The second-order valence-corrected chi connectivity index (χ2v) is 5.53. The molecule has 0 aliphatic rings. The molecule has 1 amide bonds. The fourth-order valence-electron chi connectivity index (χ4n) is 2.65. The number of amides is 1. The van der Waals surface area contributed by atoms with Crippen LogP contribution in [0.4, 0.5) is 0 Å². The number of rotatable bonds is 7. The summed E-state index contributed by atoms with van der Waals surface area (Å²) in [6, 6.07) is 16.5. The van der Waals surface area contributed by atoms with Gasteiger partial charge in [0.1, 0.15) is 17.6 Å². The molecule has 0 heterocycles. The Kier molecular flexibility index (Phi) is 6.41. The van der Waals surface area contributed by atoms with Gasteiger partial charge in [0.05, 0.1) is 18.7 Å². The number of nitriles is 1. The molecule has 0 bridgehead atoms. The van der Waals surface area contributed by atoms with Gasteiger partial charge in [0, 0.05) is 6.54 Å². The molecule has 25 heavy (non-hydrogen) atoms. The largest absolute Gasteiger partial charge is 0.497 e. The number of likely N-dealkylation sites (N-methyl/N-ethyl adjacent to an activating group) is 1. The number of hydrogen-bond acceptors (Lipinski definition) is 4. The second-order valence-electron chi connectivity index (χ2n) is 5.53. The number of para-hydroxylation sites is 1. The van der Waals surface area contributed by atoms with E-state index < -0.39 is 0 Å².